The number of pyridine rings is 1. The first-order valence-corrected chi connectivity index (χ1v) is 9.56. The third kappa shape index (κ3) is 4.23. The van der Waals surface area contributed by atoms with Gasteiger partial charge in [-0.05, 0) is 73.1 Å². The quantitative estimate of drug-likeness (QED) is 0.730. The van der Waals surface area contributed by atoms with Crippen LogP contribution in [0.1, 0.15) is 35.3 Å². The van der Waals surface area contributed by atoms with Crippen molar-refractivity contribution in [3.8, 4) is 5.69 Å². The Labute approximate surface area is 163 Å². The lowest BCUT2D eigenvalue weighted by Crippen LogP contribution is -2.40. The topological polar surface area (TPSA) is 88.8 Å². The first-order chi connectivity index (χ1) is 13.8. The van der Waals surface area contributed by atoms with Gasteiger partial charge in [-0.15, -0.1) is 5.10 Å². The van der Waals surface area contributed by atoms with Gasteiger partial charge in [-0.25, -0.2) is 4.68 Å². The average molecular weight is 377 g/mol. The highest BCUT2D eigenvalue weighted by atomic mass is 16.2. The van der Waals surface area contributed by atoms with Crippen LogP contribution >= 0.6 is 0 Å². The molecule has 1 amide bonds. The van der Waals surface area contributed by atoms with Crippen molar-refractivity contribution in [1.29, 1.82) is 0 Å². The van der Waals surface area contributed by atoms with Crippen LogP contribution < -0.4 is 5.32 Å². The van der Waals surface area contributed by atoms with Crippen LogP contribution in [0.2, 0.25) is 0 Å². The van der Waals surface area contributed by atoms with Gasteiger partial charge >= 0.3 is 0 Å². The molecule has 8 heteroatoms. The number of carbonyl (C=O) groups is 1. The number of hydrogen-bond acceptors (Lipinski definition) is 6. The number of hydrogen-bond donors (Lipinski definition) is 1. The van der Waals surface area contributed by atoms with Crippen LogP contribution in [0, 0.1) is 0 Å². The third-order valence-corrected chi connectivity index (χ3v) is 5.01. The van der Waals surface area contributed by atoms with E-state index in [9.17, 15) is 4.79 Å². The van der Waals surface area contributed by atoms with Gasteiger partial charge in [0.1, 0.15) is 6.33 Å². The SMILES string of the molecule is O=C(c1cccc(-n2cnnn2)c1)N(Cc1ccccn1)C1CCCNCC1. The van der Waals surface area contributed by atoms with Gasteiger partial charge in [0.2, 0.25) is 0 Å². The lowest BCUT2D eigenvalue weighted by molar-refractivity contribution is 0.0642. The summed E-state index contributed by atoms with van der Waals surface area (Å²) in [5, 5.41) is 14.7. The minimum absolute atomic E-state index is 0.00692. The van der Waals surface area contributed by atoms with E-state index in [1.165, 1.54) is 6.33 Å². The second-order valence-corrected chi connectivity index (χ2v) is 6.89. The summed E-state index contributed by atoms with van der Waals surface area (Å²) in [5.41, 5.74) is 2.28. The normalized spacial score (nSPS) is 17.1. The molecule has 28 heavy (non-hydrogen) atoms. The van der Waals surface area contributed by atoms with Crippen LogP contribution in [0.25, 0.3) is 5.69 Å². The highest BCUT2D eigenvalue weighted by molar-refractivity contribution is 5.95. The molecule has 2 aromatic heterocycles. The molecule has 1 unspecified atom stereocenters. The molecular formula is C20H23N7O. The Kier molecular flexibility index (Phi) is 5.67. The van der Waals surface area contributed by atoms with E-state index in [2.05, 4.69) is 25.8 Å². The maximum absolute atomic E-state index is 13.5. The monoisotopic (exact) mass is 377 g/mol. The molecule has 1 atom stereocenters. The van der Waals surface area contributed by atoms with Gasteiger partial charge in [0.25, 0.3) is 5.91 Å². The number of nitrogens with zero attached hydrogens (tertiary/aromatic N) is 6. The number of carbonyl (C=O) groups excluding carboxylic acids is 1. The molecule has 1 fully saturated rings. The van der Waals surface area contributed by atoms with E-state index in [1.807, 2.05) is 47.4 Å². The van der Waals surface area contributed by atoms with E-state index in [0.29, 0.717) is 12.1 Å². The highest BCUT2D eigenvalue weighted by Gasteiger charge is 2.26. The standard InChI is InChI=1S/C20H23N7O/c28-20(16-5-3-7-19(13-16)27-15-23-24-25-27)26(14-17-6-1-2-11-22-17)18-8-4-10-21-12-9-18/h1-3,5-7,11,13,15,18,21H,4,8-10,12,14H2. The van der Waals surface area contributed by atoms with Crippen molar-refractivity contribution in [3.63, 3.8) is 0 Å². The van der Waals surface area contributed by atoms with E-state index in [0.717, 1.165) is 43.7 Å². The van der Waals surface area contributed by atoms with Gasteiger partial charge in [-0.1, -0.05) is 12.1 Å². The highest BCUT2D eigenvalue weighted by Crippen LogP contribution is 2.20. The number of amides is 1. The zero-order chi connectivity index (χ0) is 19.2. The summed E-state index contributed by atoms with van der Waals surface area (Å²) in [7, 11) is 0. The molecule has 0 radical (unpaired) electrons. The maximum Gasteiger partial charge on any atom is 0.254 e. The molecule has 4 rings (SSSR count). The Bertz CT molecular complexity index is 890. The predicted octanol–water partition coefficient (Wildman–Crippen LogP) is 1.84. The van der Waals surface area contributed by atoms with Crippen molar-refractivity contribution in [2.45, 2.75) is 31.8 Å². The van der Waals surface area contributed by atoms with Crippen LogP contribution in [-0.4, -0.2) is 55.1 Å². The van der Waals surface area contributed by atoms with Crippen LogP contribution in [0.4, 0.5) is 0 Å². The van der Waals surface area contributed by atoms with Crippen molar-refractivity contribution in [1.82, 2.24) is 35.4 Å². The fraction of sp³-hybridized carbons (Fsp3) is 0.350. The van der Waals surface area contributed by atoms with Crippen molar-refractivity contribution >= 4 is 5.91 Å². The zero-order valence-electron chi connectivity index (χ0n) is 15.6. The fourth-order valence-corrected chi connectivity index (χ4v) is 3.57. The summed E-state index contributed by atoms with van der Waals surface area (Å²) in [5.74, 6) is 0.00692. The lowest BCUT2D eigenvalue weighted by Gasteiger charge is -2.31. The maximum atomic E-state index is 13.5. The van der Waals surface area contributed by atoms with Gasteiger partial charge in [-0.2, -0.15) is 0 Å². The van der Waals surface area contributed by atoms with Crippen LogP contribution in [0.3, 0.4) is 0 Å². The Morgan fingerprint density at radius 1 is 1.18 bits per heavy atom. The fourth-order valence-electron chi connectivity index (χ4n) is 3.57. The minimum Gasteiger partial charge on any atom is -0.330 e. The number of benzene rings is 1. The lowest BCUT2D eigenvalue weighted by atomic mass is 10.0. The van der Waals surface area contributed by atoms with Gasteiger partial charge in [0.05, 0.1) is 17.9 Å². The van der Waals surface area contributed by atoms with E-state index in [1.54, 1.807) is 10.9 Å². The van der Waals surface area contributed by atoms with Crippen LogP contribution in [0.5, 0.6) is 0 Å². The molecule has 3 heterocycles. The average Bonchev–Trinajstić information content (AvgIpc) is 3.16. The molecule has 144 valence electrons. The number of nitrogens with one attached hydrogen (secondary N) is 1. The van der Waals surface area contributed by atoms with Gasteiger partial charge in [0.15, 0.2) is 0 Å². The van der Waals surface area contributed by atoms with E-state index in [-0.39, 0.29) is 11.9 Å². The molecular weight excluding hydrogens is 354 g/mol. The van der Waals surface area contributed by atoms with Crippen molar-refractivity contribution in [2.24, 2.45) is 0 Å². The molecule has 1 aliphatic heterocycles. The summed E-state index contributed by atoms with van der Waals surface area (Å²) < 4.78 is 1.55. The largest absolute Gasteiger partial charge is 0.330 e. The smallest absolute Gasteiger partial charge is 0.254 e. The summed E-state index contributed by atoms with van der Waals surface area (Å²) in [6, 6.07) is 13.4. The number of tetrazole rings is 1. The van der Waals surface area contributed by atoms with Crippen molar-refractivity contribution in [2.75, 3.05) is 13.1 Å². The second-order valence-electron chi connectivity index (χ2n) is 6.89. The van der Waals surface area contributed by atoms with Crippen LogP contribution in [0.15, 0.2) is 55.0 Å². The molecule has 1 saturated heterocycles. The molecule has 0 spiro atoms. The number of aromatic nitrogens is 5. The molecule has 0 bridgehead atoms. The van der Waals surface area contributed by atoms with Crippen molar-refractivity contribution in [3.05, 3.63) is 66.2 Å². The first kappa shape index (κ1) is 18.2. The minimum atomic E-state index is 0.00692. The molecule has 0 aliphatic carbocycles. The van der Waals surface area contributed by atoms with Crippen LogP contribution in [-0.2, 0) is 6.54 Å². The predicted molar refractivity (Wildman–Crippen MR) is 104 cm³/mol. The molecule has 0 saturated carbocycles. The Balaban J connectivity index is 1.63. The van der Waals surface area contributed by atoms with Gasteiger partial charge in [0, 0.05) is 17.8 Å². The van der Waals surface area contributed by atoms with E-state index in [4.69, 9.17) is 0 Å². The molecule has 1 N–H and O–H groups in total. The summed E-state index contributed by atoms with van der Waals surface area (Å²) >= 11 is 0. The molecule has 1 aliphatic rings. The third-order valence-electron chi connectivity index (χ3n) is 5.01. The molecule has 1 aromatic carbocycles. The Hall–Kier alpha value is -3.13. The van der Waals surface area contributed by atoms with Crippen molar-refractivity contribution < 1.29 is 4.79 Å². The summed E-state index contributed by atoms with van der Waals surface area (Å²) in [6.07, 6.45) is 6.27. The summed E-state index contributed by atoms with van der Waals surface area (Å²) in [4.78, 5) is 19.9. The van der Waals surface area contributed by atoms with Gasteiger partial charge < -0.3 is 10.2 Å². The van der Waals surface area contributed by atoms with E-state index >= 15 is 0 Å². The molecule has 3 aromatic rings. The summed E-state index contributed by atoms with van der Waals surface area (Å²) in [6.45, 7) is 2.41. The first-order valence-electron chi connectivity index (χ1n) is 9.56. The van der Waals surface area contributed by atoms with E-state index < -0.39 is 0 Å². The zero-order valence-corrected chi connectivity index (χ0v) is 15.6. The Morgan fingerprint density at radius 3 is 2.96 bits per heavy atom. The molecule has 8 nitrogen and oxygen atoms in total. The number of rotatable bonds is 5. The Morgan fingerprint density at radius 2 is 2.14 bits per heavy atom. The second kappa shape index (κ2) is 8.71. The van der Waals surface area contributed by atoms with Gasteiger partial charge in [-0.3, -0.25) is 9.78 Å².